The summed E-state index contributed by atoms with van der Waals surface area (Å²) in [6.45, 7) is 0.392. The van der Waals surface area contributed by atoms with Crippen molar-refractivity contribution in [3.63, 3.8) is 0 Å². The predicted molar refractivity (Wildman–Crippen MR) is 96.5 cm³/mol. The lowest BCUT2D eigenvalue weighted by Gasteiger charge is -2.12. The second-order valence-electron chi connectivity index (χ2n) is 5.47. The first-order chi connectivity index (χ1) is 12.5. The van der Waals surface area contributed by atoms with Crippen LogP contribution in [-0.2, 0) is 16.1 Å². The molecule has 0 saturated carbocycles. The average molecular weight is 377 g/mol. The third-order valence-electron chi connectivity index (χ3n) is 3.75. The molecule has 0 spiro atoms. The maximum Gasteiger partial charge on any atom is 0.336 e. The molecule has 0 unspecified atom stereocenters. The number of rotatable bonds is 6. The zero-order chi connectivity index (χ0) is 18.7. The maximum absolute atomic E-state index is 13.6. The molecule has 1 N–H and O–H groups in total. The van der Waals surface area contributed by atoms with Crippen LogP contribution in [0.1, 0.15) is 0 Å². The number of nitrogens with zero attached hydrogens (tertiary/aromatic N) is 2. The topological polar surface area (TPSA) is 82.3 Å². The molecule has 26 heavy (non-hydrogen) atoms. The Labute approximate surface area is 151 Å². The molecule has 0 atom stereocenters. The van der Waals surface area contributed by atoms with Crippen molar-refractivity contribution in [2.24, 2.45) is 0 Å². The van der Waals surface area contributed by atoms with E-state index in [1.807, 2.05) is 0 Å². The lowest BCUT2D eigenvalue weighted by Crippen LogP contribution is -2.41. The van der Waals surface area contributed by atoms with Crippen LogP contribution in [0.2, 0.25) is 0 Å². The molecule has 0 bridgehead atoms. The molecule has 0 saturated heterocycles. The Balaban J connectivity index is 2.12. The van der Waals surface area contributed by atoms with Gasteiger partial charge in [0.2, 0.25) is 5.91 Å². The highest BCUT2D eigenvalue weighted by molar-refractivity contribution is 7.17. The Hall–Kier alpha value is -2.78. The van der Waals surface area contributed by atoms with E-state index in [2.05, 4.69) is 5.32 Å². The van der Waals surface area contributed by atoms with Gasteiger partial charge in [0.05, 0.1) is 17.8 Å². The molecule has 136 valence electrons. The van der Waals surface area contributed by atoms with Gasteiger partial charge in [-0.25, -0.2) is 13.8 Å². The van der Waals surface area contributed by atoms with Gasteiger partial charge >= 0.3 is 5.69 Å². The number of hydrogen-bond acceptors (Lipinski definition) is 5. The van der Waals surface area contributed by atoms with Gasteiger partial charge in [-0.2, -0.15) is 0 Å². The SMILES string of the molecule is COCCNC(=O)Cn1c(=O)n(-c2cccc(F)c2)c(=O)c2sccc21. The predicted octanol–water partition coefficient (Wildman–Crippen LogP) is 1.12. The fourth-order valence-electron chi connectivity index (χ4n) is 2.57. The van der Waals surface area contributed by atoms with E-state index in [1.165, 1.54) is 29.9 Å². The number of amides is 1. The molecule has 1 amide bonds. The minimum atomic E-state index is -0.701. The van der Waals surface area contributed by atoms with Crippen LogP contribution < -0.4 is 16.6 Å². The van der Waals surface area contributed by atoms with E-state index in [9.17, 15) is 18.8 Å². The van der Waals surface area contributed by atoms with E-state index in [0.29, 0.717) is 23.4 Å². The summed E-state index contributed by atoms with van der Waals surface area (Å²) in [5, 5.41) is 4.30. The summed E-state index contributed by atoms with van der Waals surface area (Å²) in [7, 11) is 1.51. The molecule has 1 aromatic carbocycles. The fraction of sp³-hybridized carbons (Fsp3) is 0.235. The summed E-state index contributed by atoms with van der Waals surface area (Å²) < 4.78 is 20.8. The zero-order valence-corrected chi connectivity index (χ0v) is 14.7. The van der Waals surface area contributed by atoms with Crippen LogP contribution in [0.3, 0.4) is 0 Å². The van der Waals surface area contributed by atoms with Crippen molar-refractivity contribution in [1.82, 2.24) is 14.5 Å². The van der Waals surface area contributed by atoms with Crippen LogP contribution in [0.4, 0.5) is 4.39 Å². The van der Waals surface area contributed by atoms with Crippen LogP contribution in [0, 0.1) is 5.82 Å². The van der Waals surface area contributed by atoms with Crippen LogP contribution in [0.5, 0.6) is 0 Å². The molecule has 3 aromatic rings. The van der Waals surface area contributed by atoms with Gasteiger partial charge in [-0.15, -0.1) is 11.3 Å². The summed E-state index contributed by atoms with van der Waals surface area (Å²) >= 11 is 1.16. The molecule has 2 aromatic heterocycles. The maximum atomic E-state index is 13.6. The largest absolute Gasteiger partial charge is 0.383 e. The number of hydrogen-bond donors (Lipinski definition) is 1. The van der Waals surface area contributed by atoms with E-state index in [1.54, 1.807) is 11.4 Å². The zero-order valence-electron chi connectivity index (χ0n) is 13.9. The second-order valence-corrected chi connectivity index (χ2v) is 6.38. The second kappa shape index (κ2) is 7.63. The number of carbonyl (C=O) groups is 1. The molecule has 9 heteroatoms. The molecule has 7 nitrogen and oxygen atoms in total. The van der Waals surface area contributed by atoms with E-state index < -0.39 is 17.1 Å². The highest BCUT2D eigenvalue weighted by atomic mass is 32.1. The first-order valence-electron chi connectivity index (χ1n) is 7.77. The van der Waals surface area contributed by atoms with Crippen LogP contribution in [0.15, 0.2) is 45.3 Å². The van der Waals surface area contributed by atoms with Crippen molar-refractivity contribution in [3.05, 3.63) is 62.4 Å². The average Bonchev–Trinajstić information content (AvgIpc) is 3.09. The molecule has 2 heterocycles. The number of fused-ring (bicyclic) bond motifs is 1. The van der Waals surface area contributed by atoms with Crippen LogP contribution in [0.25, 0.3) is 15.9 Å². The first-order valence-corrected chi connectivity index (χ1v) is 8.65. The van der Waals surface area contributed by atoms with Gasteiger partial charge in [-0.1, -0.05) is 6.07 Å². The molecule has 0 aliphatic carbocycles. The molecule has 0 fully saturated rings. The van der Waals surface area contributed by atoms with E-state index in [-0.39, 0.29) is 18.1 Å². The van der Waals surface area contributed by atoms with Gasteiger partial charge in [-0.3, -0.25) is 14.2 Å². The number of thiophene rings is 1. The molecule has 3 rings (SSSR count). The highest BCUT2D eigenvalue weighted by Gasteiger charge is 2.17. The van der Waals surface area contributed by atoms with Gasteiger partial charge in [-0.05, 0) is 29.6 Å². The van der Waals surface area contributed by atoms with Crippen molar-refractivity contribution < 1.29 is 13.9 Å². The number of aromatic nitrogens is 2. The van der Waals surface area contributed by atoms with E-state index >= 15 is 0 Å². The fourth-order valence-corrected chi connectivity index (χ4v) is 3.40. The van der Waals surface area contributed by atoms with Crippen molar-refractivity contribution in [3.8, 4) is 5.69 Å². The highest BCUT2D eigenvalue weighted by Crippen LogP contribution is 2.16. The van der Waals surface area contributed by atoms with Crippen molar-refractivity contribution >= 4 is 27.5 Å². The quantitative estimate of drug-likeness (QED) is 0.653. The summed E-state index contributed by atoms with van der Waals surface area (Å²) in [5.74, 6) is -0.954. The van der Waals surface area contributed by atoms with Gasteiger partial charge in [0.15, 0.2) is 0 Å². The Morgan fingerprint density at radius 2 is 2.12 bits per heavy atom. The van der Waals surface area contributed by atoms with Crippen molar-refractivity contribution in [1.29, 1.82) is 0 Å². The first kappa shape index (κ1) is 18.0. The number of carbonyl (C=O) groups excluding carboxylic acids is 1. The normalized spacial score (nSPS) is 11.0. The van der Waals surface area contributed by atoms with Crippen molar-refractivity contribution in [2.45, 2.75) is 6.54 Å². The lowest BCUT2D eigenvalue weighted by atomic mass is 10.3. The van der Waals surface area contributed by atoms with Crippen LogP contribution in [-0.4, -0.2) is 35.3 Å². The molecular formula is C17H16FN3O4S. The van der Waals surface area contributed by atoms with Crippen molar-refractivity contribution in [2.75, 3.05) is 20.3 Å². The number of methoxy groups -OCH3 is 1. The van der Waals surface area contributed by atoms with Gasteiger partial charge in [0, 0.05) is 13.7 Å². The number of benzene rings is 1. The third kappa shape index (κ3) is 3.44. The van der Waals surface area contributed by atoms with Gasteiger partial charge < -0.3 is 10.1 Å². The minimum Gasteiger partial charge on any atom is -0.383 e. The lowest BCUT2D eigenvalue weighted by molar-refractivity contribution is -0.121. The van der Waals surface area contributed by atoms with Gasteiger partial charge in [0.25, 0.3) is 5.56 Å². The summed E-state index contributed by atoms with van der Waals surface area (Å²) in [6, 6.07) is 6.82. The smallest absolute Gasteiger partial charge is 0.336 e. The minimum absolute atomic E-state index is 0.115. The molecule has 0 aliphatic rings. The van der Waals surface area contributed by atoms with Crippen LogP contribution >= 0.6 is 11.3 Å². The molecular weight excluding hydrogens is 361 g/mol. The Morgan fingerprint density at radius 1 is 1.31 bits per heavy atom. The Bertz CT molecular complexity index is 1070. The van der Waals surface area contributed by atoms with E-state index in [0.717, 1.165) is 22.0 Å². The third-order valence-corrected chi connectivity index (χ3v) is 4.64. The standard InChI is InChI=1S/C17H16FN3O4S/c1-25-7-6-19-14(22)10-20-13-5-8-26-15(13)16(23)21(17(20)24)12-4-2-3-11(18)9-12/h2-5,8-9H,6-7,10H2,1H3,(H,19,22). The number of halogens is 1. The molecule has 0 radical (unpaired) electrons. The number of nitrogens with one attached hydrogen (secondary N) is 1. The Kier molecular flexibility index (Phi) is 5.29. The summed E-state index contributed by atoms with van der Waals surface area (Å²) in [5.41, 5.74) is -0.751. The molecule has 0 aliphatic heterocycles. The number of ether oxygens (including phenoxy) is 1. The summed E-state index contributed by atoms with van der Waals surface area (Å²) in [4.78, 5) is 37.7. The van der Waals surface area contributed by atoms with E-state index in [4.69, 9.17) is 4.74 Å². The Morgan fingerprint density at radius 3 is 2.85 bits per heavy atom. The van der Waals surface area contributed by atoms with Gasteiger partial charge in [0.1, 0.15) is 17.1 Å². The summed E-state index contributed by atoms with van der Waals surface area (Å²) in [6.07, 6.45) is 0. The monoisotopic (exact) mass is 377 g/mol.